The van der Waals surface area contributed by atoms with Crippen molar-refractivity contribution in [3.05, 3.63) is 46.4 Å². The monoisotopic (exact) mass is 339 g/mol. The highest BCUT2D eigenvalue weighted by molar-refractivity contribution is 5.96. The molecule has 2 aliphatic rings. The number of amides is 1. The van der Waals surface area contributed by atoms with Gasteiger partial charge in [-0.15, -0.1) is 0 Å². The van der Waals surface area contributed by atoms with E-state index in [1.54, 1.807) is 6.07 Å². The molecule has 4 rings (SSSR count). The van der Waals surface area contributed by atoms with Crippen LogP contribution >= 0.6 is 0 Å². The lowest BCUT2D eigenvalue weighted by Crippen LogP contribution is -2.48. The molecule has 3 heterocycles. The Kier molecular flexibility index (Phi) is 4.34. The van der Waals surface area contributed by atoms with E-state index in [2.05, 4.69) is 16.8 Å². The first kappa shape index (κ1) is 16.3. The minimum absolute atomic E-state index is 0.0340. The Morgan fingerprint density at radius 3 is 2.76 bits per heavy atom. The molecule has 5 heteroatoms. The van der Waals surface area contributed by atoms with Crippen LogP contribution < -0.4 is 5.56 Å². The number of aromatic amines is 1. The van der Waals surface area contributed by atoms with Crippen LogP contribution in [0.1, 0.15) is 43.1 Å². The van der Waals surface area contributed by atoms with Gasteiger partial charge in [-0.3, -0.25) is 14.5 Å². The van der Waals surface area contributed by atoms with Crippen molar-refractivity contribution in [2.45, 2.75) is 44.7 Å². The van der Waals surface area contributed by atoms with Gasteiger partial charge in [0, 0.05) is 24.0 Å². The quantitative estimate of drug-likeness (QED) is 0.935. The lowest BCUT2D eigenvalue weighted by molar-refractivity contribution is 0.0644. The van der Waals surface area contributed by atoms with Crippen molar-refractivity contribution in [1.82, 2.24) is 14.8 Å². The van der Waals surface area contributed by atoms with Crippen LogP contribution in [-0.2, 0) is 0 Å². The number of benzene rings is 1. The van der Waals surface area contributed by atoms with Gasteiger partial charge in [-0.2, -0.15) is 0 Å². The van der Waals surface area contributed by atoms with Crippen LogP contribution in [0.5, 0.6) is 0 Å². The van der Waals surface area contributed by atoms with Gasteiger partial charge < -0.3 is 9.88 Å². The SMILES string of the molecule is CCN1CCC[C@H]1[C@H]1CCCN1C(=O)c1cc2ccccc2c(=O)[nH]1. The van der Waals surface area contributed by atoms with Crippen molar-refractivity contribution in [3.8, 4) is 0 Å². The van der Waals surface area contributed by atoms with Gasteiger partial charge in [-0.05, 0) is 56.3 Å². The summed E-state index contributed by atoms with van der Waals surface area (Å²) in [7, 11) is 0. The van der Waals surface area contributed by atoms with E-state index in [9.17, 15) is 9.59 Å². The van der Waals surface area contributed by atoms with Crippen LogP contribution in [0.25, 0.3) is 10.8 Å². The molecule has 0 radical (unpaired) electrons. The summed E-state index contributed by atoms with van der Waals surface area (Å²) in [5.74, 6) is -0.0340. The minimum atomic E-state index is -0.187. The highest BCUT2D eigenvalue weighted by atomic mass is 16.2. The lowest BCUT2D eigenvalue weighted by atomic mass is 10.0. The number of pyridine rings is 1. The van der Waals surface area contributed by atoms with Crippen LogP contribution in [0.15, 0.2) is 35.1 Å². The number of nitrogens with one attached hydrogen (secondary N) is 1. The van der Waals surface area contributed by atoms with Crippen molar-refractivity contribution >= 4 is 16.7 Å². The number of carbonyl (C=O) groups is 1. The summed E-state index contributed by atoms with van der Waals surface area (Å²) >= 11 is 0. The second kappa shape index (κ2) is 6.64. The van der Waals surface area contributed by atoms with Crippen molar-refractivity contribution < 1.29 is 4.79 Å². The fourth-order valence-electron chi connectivity index (χ4n) is 4.61. The van der Waals surface area contributed by atoms with Gasteiger partial charge in [0.1, 0.15) is 5.69 Å². The number of hydrogen-bond donors (Lipinski definition) is 1. The summed E-state index contributed by atoms with van der Waals surface area (Å²) in [6.07, 6.45) is 4.48. The maximum Gasteiger partial charge on any atom is 0.270 e. The van der Waals surface area contributed by atoms with Gasteiger partial charge in [-0.25, -0.2) is 0 Å². The van der Waals surface area contributed by atoms with Gasteiger partial charge in [0.05, 0.1) is 0 Å². The van der Waals surface area contributed by atoms with Crippen LogP contribution in [0.3, 0.4) is 0 Å². The maximum atomic E-state index is 13.1. The summed E-state index contributed by atoms with van der Waals surface area (Å²) in [6.45, 7) is 5.15. The first-order chi connectivity index (χ1) is 12.2. The second-order valence-electron chi connectivity index (χ2n) is 7.15. The molecule has 0 spiro atoms. The average Bonchev–Trinajstić information content (AvgIpc) is 3.29. The predicted molar refractivity (Wildman–Crippen MR) is 98.9 cm³/mol. The molecule has 0 aliphatic carbocycles. The van der Waals surface area contributed by atoms with E-state index in [4.69, 9.17) is 0 Å². The van der Waals surface area contributed by atoms with Gasteiger partial charge in [-0.1, -0.05) is 25.1 Å². The third-order valence-electron chi connectivity index (χ3n) is 5.81. The molecule has 0 bridgehead atoms. The third-order valence-corrected chi connectivity index (χ3v) is 5.81. The van der Waals surface area contributed by atoms with E-state index < -0.39 is 0 Å². The van der Waals surface area contributed by atoms with E-state index in [-0.39, 0.29) is 17.5 Å². The smallest absolute Gasteiger partial charge is 0.270 e. The Labute approximate surface area is 147 Å². The molecule has 1 aromatic heterocycles. The number of likely N-dealkylation sites (N-methyl/N-ethyl adjacent to an activating group) is 1. The molecule has 2 fully saturated rings. The Morgan fingerprint density at radius 2 is 1.92 bits per heavy atom. The molecule has 1 N–H and O–H groups in total. The highest BCUT2D eigenvalue weighted by Gasteiger charge is 2.39. The van der Waals surface area contributed by atoms with Gasteiger partial charge >= 0.3 is 0 Å². The summed E-state index contributed by atoms with van der Waals surface area (Å²) in [5, 5.41) is 1.45. The fraction of sp³-hybridized carbons (Fsp3) is 0.500. The third kappa shape index (κ3) is 2.86. The number of carbonyl (C=O) groups excluding carboxylic acids is 1. The molecule has 2 aliphatic heterocycles. The number of likely N-dealkylation sites (tertiary alicyclic amines) is 2. The number of H-pyrrole nitrogens is 1. The normalized spacial score (nSPS) is 24.3. The van der Waals surface area contributed by atoms with E-state index >= 15 is 0 Å². The fourth-order valence-corrected chi connectivity index (χ4v) is 4.61. The van der Waals surface area contributed by atoms with E-state index in [1.165, 1.54) is 6.42 Å². The molecule has 0 unspecified atom stereocenters. The number of rotatable bonds is 3. The Morgan fingerprint density at radius 1 is 1.16 bits per heavy atom. The Hall–Kier alpha value is -2.14. The first-order valence-electron chi connectivity index (χ1n) is 9.36. The number of aromatic nitrogens is 1. The lowest BCUT2D eigenvalue weighted by Gasteiger charge is -2.34. The predicted octanol–water partition coefficient (Wildman–Crippen LogP) is 2.62. The van der Waals surface area contributed by atoms with Crippen LogP contribution in [0.2, 0.25) is 0 Å². The second-order valence-corrected chi connectivity index (χ2v) is 7.15. The van der Waals surface area contributed by atoms with Crippen LogP contribution in [-0.4, -0.2) is 52.4 Å². The Bertz CT molecular complexity index is 844. The van der Waals surface area contributed by atoms with Gasteiger partial charge in [0.25, 0.3) is 11.5 Å². The minimum Gasteiger partial charge on any atom is -0.333 e. The van der Waals surface area contributed by atoms with Crippen molar-refractivity contribution in [1.29, 1.82) is 0 Å². The molecular formula is C20H25N3O2. The number of hydrogen-bond acceptors (Lipinski definition) is 3. The van der Waals surface area contributed by atoms with Gasteiger partial charge in [0.2, 0.25) is 0 Å². The molecule has 25 heavy (non-hydrogen) atoms. The zero-order valence-corrected chi connectivity index (χ0v) is 14.7. The highest BCUT2D eigenvalue weighted by Crippen LogP contribution is 2.30. The zero-order valence-electron chi connectivity index (χ0n) is 14.7. The summed E-state index contributed by atoms with van der Waals surface area (Å²) < 4.78 is 0. The maximum absolute atomic E-state index is 13.1. The largest absolute Gasteiger partial charge is 0.333 e. The topological polar surface area (TPSA) is 56.4 Å². The van der Waals surface area contributed by atoms with Crippen LogP contribution in [0.4, 0.5) is 0 Å². The van der Waals surface area contributed by atoms with E-state index in [1.807, 2.05) is 29.2 Å². The standard InChI is InChI=1S/C20H25N3O2/c1-2-22-11-5-9-17(22)18-10-6-12-23(18)20(25)16-13-14-7-3-4-8-15(14)19(24)21-16/h3-4,7-8,13,17-18H,2,5-6,9-12H2,1H3,(H,21,24)/t17-,18+/m0/s1. The van der Waals surface area contributed by atoms with Crippen molar-refractivity contribution in [2.75, 3.05) is 19.6 Å². The van der Waals surface area contributed by atoms with E-state index in [0.717, 1.165) is 44.3 Å². The molecule has 132 valence electrons. The summed E-state index contributed by atoms with van der Waals surface area (Å²) in [4.78, 5) is 32.8. The van der Waals surface area contributed by atoms with Gasteiger partial charge in [0.15, 0.2) is 0 Å². The molecule has 2 saturated heterocycles. The average molecular weight is 339 g/mol. The van der Waals surface area contributed by atoms with Crippen LogP contribution in [0, 0.1) is 0 Å². The molecule has 0 saturated carbocycles. The number of fused-ring (bicyclic) bond motifs is 1. The molecular weight excluding hydrogens is 314 g/mol. The Balaban J connectivity index is 1.65. The molecule has 5 nitrogen and oxygen atoms in total. The first-order valence-corrected chi connectivity index (χ1v) is 9.36. The summed E-state index contributed by atoms with van der Waals surface area (Å²) in [6, 6.07) is 9.97. The molecule has 2 atom stereocenters. The number of nitrogens with zero attached hydrogens (tertiary/aromatic N) is 2. The molecule has 2 aromatic rings. The van der Waals surface area contributed by atoms with Crippen molar-refractivity contribution in [2.24, 2.45) is 0 Å². The zero-order chi connectivity index (χ0) is 17.4. The molecule has 1 aromatic carbocycles. The summed E-state index contributed by atoms with van der Waals surface area (Å²) in [5.41, 5.74) is 0.227. The van der Waals surface area contributed by atoms with Crippen molar-refractivity contribution in [3.63, 3.8) is 0 Å². The molecule has 1 amide bonds. The van der Waals surface area contributed by atoms with E-state index in [0.29, 0.717) is 17.1 Å².